The van der Waals surface area contributed by atoms with E-state index in [1.54, 1.807) is 7.11 Å². The standard InChI is InChI=1S/C16H19BrN2O2/c1-11-9-19(10-14(8-17)21-11)16-15-7-13(20-2)4-3-12(15)5-6-18-16/h3-7,11,14H,8-10H2,1-2H3. The Hall–Kier alpha value is -1.33. The smallest absolute Gasteiger partial charge is 0.136 e. The Kier molecular flexibility index (Phi) is 4.31. The number of nitrogens with zero attached hydrogens (tertiary/aromatic N) is 2. The molecule has 1 aromatic carbocycles. The number of benzene rings is 1. The van der Waals surface area contributed by atoms with Gasteiger partial charge in [0, 0.05) is 30.0 Å². The van der Waals surface area contributed by atoms with Crippen molar-refractivity contribution in [3.8, 4) is 5.75 Å². The van der Waals surface area contributed by atoms with Crippen molar-refractivity contribution in [2.45, 2.75) is 19.1 Å². The minimum Gasteiger partial charge on any atom is -0.497 e. The number of morpholine rings is 1. The van der Waals surface area contributed by atoms with E-state index in [4.69, 9.17) is 9.47 Å². The molecule has 0 amide bonds. The number of anilines is 1. The van der Waals surface area contributed by atoms with Crippen LogP contribution in [0.1, 0.15) is 6.92 Å². The van der Waals surface area contributed by atoms with E-state index in [-0.39, 0.29) is 12.2 Å². The van der Waals surface area contributed by atoms with Crippen molar-refractivity contribution >= 4 is 32.5 Å². The van der Waals surface area contributed by atoms with Crippen molar-refractivity contribution in [3.63, 3.8) is 0 Å². The molecule has 1 saturated heterocycles. The molecule has 3 rings (SSSR count). The lowest BCUT2D eigenvalue weighted by Crippen LogP contribution is -2.47. The molecule has 4 nitrogen and oxygen atoms in total. The zero-order valence-corrected chi connectivity index (χ0v) is 13.8. The number of fused-ring (bicyclic) bond motifs is 1. The summed E-state index contributed by atoms with van der Waals surface area (Å²) >= 11 is 3.52. The largest absolute Gasteiger partial charge is 0.497 e. The van der Waals surface area contributed by atoms with Crippen LogP contribution < -0.4 is 9.64 Å². The molecule has 112 valence electrons. The monoisotopic (exact) mass is 350 g/mol. The summed E-state index contributed by atoms with van der Waals surface area (Å²) in [6.07, 6.45) is 2.26. The fourth-order valence-electron chi connectivity index (χ4n) is 2.81. The first-order valence-electron chi connectivity index (χ1n) is 7.10. The summed E-state index contributed by atoms with van der Waals surface area (Å²) in [5, 5.41) is 3.14. The number of alkyl halides is 1. The highest BCUT2D eigenvalue weighted by atomic mass is 79.9. The number of halogens is 1. The van der Waals surface area contributed by atoms with E-state index >= 15 is 0 Å². The van der Waals surface area contributed by atoms with Gasteiger partial charge in [-0.1, -0.05) is 22.0 Å². The zero-order chi connectivity index (χ0) is 14.8. The highest BCUT2D eigenvalue weighted by Crippen LogP contribution is 2.30. The third-order valence-electron chi connectivity index (χ3n) is 3.75. The van der Waals surface area contributed by atoms with Crippen LogP contribution in [0.5, 0.6) is 5.75 Å². The Bertz CT molecular complexity index is 635. The number of hydrogen-bond acceptors (Lipinski definition) is 4. The van der Waals surface area contributed by atoms with Gasteiger partial charge in [-0.05, 0) is 30.5 Å². The van der Waals surface area contributed by atoms with E-state index in [1.807, 2.05) is 18.3 Å². The summed E-state index contributed by atoms with van der Waals surface area (Å²) in [6.45, 7) is 3.80. The number of hydrogen-bond donors (Lipinski definition) is 0. The van der Waals surface area contributed by atoms with E-state index in [1.165, 1.54) is 5.39 Å². The van der Waals surface area contributed by atoms with Crippen molar-refractivity contribution in [2.75, 3.05) is 30.4 Å². The summed E-state index contributed by atoms with van der Waals surface area (Å²) in [5.74, 6) is 1.86. The van der Waals surface area contributed by atoms with Crippen LogP contribution in [-0.4, -0.2) is 42.7 Å². The Morgan fingerprint density at radius 2 is 2.24 bits per heavy atom. The molecule has 21 heavy (non-hydrogen) atoms. The van der Waals surface area contributed by atoms with Crippen molar-refractivity contribution in [1.29, 1.82) is 0 Å². The Morgan fingerprint density at radius 1 is 1.38 bits per heavy atom. The summed E-state index contributed by atoms with van der Waals surface area (Å²) < 4.78 is 11.3. The lowest BCUT2D eigenvalue weighted by molar-refractivity contribution is -0.00213. The Balaban J connectivity index is 2.02. The number of rotatable bonds is 3. The van der Waals surface area contributed by atoms with Crippen molar-refractivity contribution < 1.29 is 9.47 Å². The molecule has 2 atom stereocenters. The molecule has 0 N–H and O–H groups in total. The normalized spacial score (nSPS) is 22.5. The molecule has 2 aromatic rings. The average Bonchev–Trinajstić information content (AvgIpc) is 2.53. The molecule has 0 aliphatic carbocycles. The van der Waals surface area contributed by atoms with Gasteiger partial charge in [-0.25, -0.2) is 4.98 Å². The van der Waals surface area contributed by atoms with Gasteiger partial charge < -0.3 is 14.4 Å². The fourth-order valence-corrected chi connectivity index (χ4v) is 3.17. The van der Waals surface area contributed by atoms with Gasteiger partial charge >= 0.3 is 0 Å². The third-order valence-corrected chi connectivity index (χ3v) is 4.47. The molecule has 2 heterocycles. The van der Waals surface area contributed by atoms with Gasteiger partial charge in [-0.3, -0.25) is 0 Å². The molecule has 0 radical (unpaired) electrons. The maximum Gasteiger partial charge on any atom is 0.136 e. The molecule has 0 saturated carbocycles. The second kappa shape index (κ2) is 6.20. The summed E-state index contributed by atoms with van der Waals surface area (Å²) in [5.41, 5.74) is 0. The van der Waals surface area contributed by atoms with Crippen LogP contribution in [0.2, 0.25) is 0 Å². The van der Waals surface area contributed by atoms with Crippen LogP contribution in [-0.2, 0) is 4.74 Å². The number of methoxy groups -OCH3 is 1. The van der Waals surface area contributed by atoms with Gasteiger partial charge in [0.25, 0.3) is 0 Å². The van der Waals surface area contributed by atoms with E-state index in [0.29, 0.717) is 0 Å². The molecule has 1 aliphatic rings. The Morgan fingerprint density at radius 3 is 3.00 bits per heavy atom. The van der Waals surface area contributed by atoms with Gasteiger partial charge in [0.2, 0.25) is 0 Å². The molecular weight excluding hydrogens is 332 g/mol. The number of aromatic nitrogens is 1. The molecule has 0 spiro atoms. The maximum absolute atomic E-state index is 5.90. The maximum atomic E-state index is 5.90. The SMILES string of the molecule is COc1ccc2ccnc(N3CC(C)OC(CBr)C3)c2c1. The number of ether oxygens (including phenoxy) is 2. The highest BCUT2D eigenvalue weighted by Gasteiger charge is 2.26. The van der Waals surface area contributed by atoms with Crippen LogP contribution >= 0.6 is 15.9 Å². The minimum absolute atomic E-state index is 0.191. The molecule has 1 fully saturated rings. The van der Waals surface area contributed by atoms with Crippen molar-refractivity contribution in [1.82, 2.24) is 4.98 Å². The molecule has 0 bridgehead atoms. The predicted octanol–water partition coefficient (Wildman–Crippen LogP) is 3.23. The van der Waals surface area contributed by atoms with E-state index in [2.05, 4.69) is 44.9 Å². The molecule has 2 unspecified atom stereocenters. The van der Waals surface area contributed by atoms with Crippen LogP contribution in [0.4, 0.5) is 5.82 Å². The Labute approximate surface area is 133 Å². The van der Waals surface area contributed by atoms with Gasteiger partial charge in [0.1, 0.15) is 11.6 Å². The second-order valence-electron chi connectivity index (χ2n) is 5.35. The fraction of sp³-hybridized carbons (Fsp3) is 0.438. The first-order valence-corrected chi connectivity index (χ1v) is 8.22. The zero-order valence-electron chi connectivity index (χ0n) is 12.3. The topological polar surface area (TPSA) is 34.6 Å². The van der Waals surface area contributed by atoms with Gasteiger partial charge in [-0.2, -0.15) is 0 Å². The lowest BCUT2D eigenvalue weighted by atomic mass is 10.1. The quantitative estimate of drug-likeness (QED) is 0.796. The van der Waals surface area contributed by atoms with Crippen LogP contribution in [0.3, 0.4) is 0 Å². The second-order valence-corrected chi connectivity index (χ2v) is 6.00. The van der Waals surface area contributed by atoms with Gasteiger partial charge in [0.15, 0.2) is 0 Å². The summed E-state index contributed by atoms with van der Waals surface area (Å²) in [4.78, 5) is 6.92. The first-order chi connectivity index (χ1) is 10.2. The first kappa shape index (κ1) is 14.6. The minimum atomic E-state index is 0.191. The number of pyridine rings is 1. The molecule has 1 aromatic heterocycles. The van der Waals surface area contributed by atoms with E-state index in [9.17, 15) is 0 Å². The summed E-state index contributed by atoms with van der Waals surface area (Å²) in [7, 11) is 1.69. The van der Waals surface area contributed by atoms with Gasteiger partial charge in [-0.15, -0.1) is 0 Å². The van der Waals surface area contributed by atoms with Crippen LogP contribution in [0.25, 0.3) is 10.8 Å². The van der Waals surface area contributed by atoms with Crippen molar-refractivity contribution in [3.05, 3.63) is 30.5 Å². The van der Waals surface area contributed by atoms with Gasteiger partial charge in [0.05, 0.1) is 19.3 Å². The van der Waals surface area contributed by atoms with E-state index in [0.717, 1.165) is 35.4 Å². The molecular formula is C16H19BrN2O2. The molecule has 5 heteroatoms. The molecule has 1 aliphatic heterocycles. The predicted molar refractivity (Wildman–Crippen MR) is 88.6 cm³/mol. The lowest BCUT2D eigenvalue weighted by Gasteiger charge is -2.37. The average molecular weight is 351 g/mol. The summed E-state index contributed by atoms with van der Waals surface area (Å²) in [6, 6.07) is 8.14. The third kappa shape index (κ3) is 2.99. The van der Waals surface area contributed by atoms with Crippen LogP contribution in [0.15, 0.2) is 30.5 Å². The van der Waals surface area contributed by atoms with E-state index < -0.39 is 0 Å². The van der Waals surface area contributed by atoms with Crippen LogP contribution in [0, 0.1) is 0 Å². The van der Waals surface area contributed by atoms with Crippen molar-refractivity contribution in [2.24, 2.45) is 0 Å². The highest BCUT2D eigenvalue weighted by molar-refractivity contribution is 9.09.